The van der Waals surface area contributed by atoms with Gasteiger partial charge in [0.25, 0.3) is 5.91 Å². The van der Waals surface area contributed by atoms with Crippen LogP contribution in [0.1, 0.15) is 13.3 Å². The number of amides is 1. The summed E-state index contributed by atoms with van der Waals surface area (Å²) in [5, 5.41) is 4.02. The van der Waals surface area contributed by atoms with Gasteiger partial charge in [-0.2, -0.15) is 0 Å². The zero-order valence-corrected chi connectivity index (χ0v) is 14.0. The van der Waals surface area contributed by atoms with Crippen molar-refractivity contribution in [3.8, 4) is 5.75 Å². The van der Waals surface area contributed by atoms with E-state index >= 15 is 0 Å². The molecule has 2 aromatic carbocycles. The van der Waals surface area contributed by atoms with Gasteiger partial charge in [-0.3, -0.25) is 4.79 Å². The van der Waals surface area contributed by atoms with Crippen LogP contribution in [0.4, 0.5) is 5.69 Å². The highest BCUT2D eigenvalue weighted by atomic mass is 35.5. The van der Waals surface area contributed by atoms with Gasteiger partial charge in [-0.25, -0.2) is 0 Å². The highest BCUT2D eigenvalue weighted by molar-refractivity contribution is 6.44. The number of benzene rings is 2. The number of hydrogen-bond donors (Lipinski definition) is 1. The maximum atomic E-state index is 12.3. The predicted molar refractivity (Wildman–Crippen MR) is 91.3 cm³/mol. The first kappa shape index (κ1) is 16.9. The lowest BCUT2D eigenvalue weighted by Gasteiger charge is -2.18. The van der Waals surface area contributed by atoms with Gasteiger partial charge in [0, 0.05) is 5.02 Å². The van der Waals surface area contributed by atoms with Crippen LogP contribution in [0.25, 0.3) is 0 Å². The minimum absolute atomic E-state index is 0.290. The Bertz CT molecular complexity index is 659. The van der Waals surface area contributed by atoms with Crippen molar-refractivity contribution in [3.63, 3.8) is 0 Å². The summed E-state index contributed by atoms with van der Waals surface area (Å²) in [7, 11) is 0. The van der Waals surface area contributed by atoms with E-state index < -0.39 is 6.10 Å². The molecular weight excluding hydrogens is 345 g/mol. The molecule has 0 saturated heterocycles. The molecule has 0 spiro atoms. The number of carbonyl (C=O) groups excluding carboxylic acids is 1. The topological polar surface area (TPSA) is 38.3 Å². The van der Waals surface area contributed by atoms with Crippen LogP contribution in [0.5, 0.6) is 5.75 Å². The Morgan fingerprint density at radius 3 is 2.45 bits per heavy atom. The number of carbonyl (C=O) groups is 1. The number of rotatable bonds is 5. The Morgan fingerprint density at radius 1 is 1.14 bits per heavy atom. The highest BCUT2D eigenvalue weighted by Crippen LogP contribution is 2.29. The van der Waals surface area contributed by atoms with Gasteiger partial charge in [0.1, 0.15) is 5.75 Å². The summed E-state index contributed by atoms with van der Waals surface area (Å²) >= 11 is 17.8. The van der Waals surface area contributed by atoms with Crippen LogP contribution >= 0.6 is 34.8 Å². The van der Waals surface area contributed by atoms with Crippen molar-refractivity contribution in [2.75, 3.05) is 5.32 Å². The fraction of sp³-hybridized carbons (Fsp3) is 0.188. The number of nitrogens with one attached hydrogen (secondary N) is 1. The molecule has 2 rings (SSSR count). The van der Waals surface area contributed by atoms with E-state index in [0.29, 0.717) is 32.9 Å². The van der Waals surface area contributed by atoms with Gasteiger partial charge in [-0.15, -0.1) is 0 Å². The first-order valence-corrected chi connectivity index (χ1v) is 7.81. The van der Waals surface area contributed by atoms with E-state index in [1.807, 2.05) is 6.92 Å². The standard InChI is InChI=1S/C16H14Cl3NO2/c1-2-14(22-11-8-6-10(17)7-9-11)16(21)20-13-5-3-4-12(18)15(13)19/h3-9,14H,2H2,1H3,(H,20,21)/t14-/m1/s1. The van der Waals surface area contributed by atoms with Crippen molar-refractivity contribution in [2.45, 2.75) is 19.4 Å². The summed E-state index contributed by atoms with van der Waals surface area (Å²) in [6.07, 6.45) is -0.136. The van der Waals surface area contributed by atoms with E-state index in [0.717, 1.165) is 0 Å². The Hall–Kier alpha value is -1.42. The van der Waals surface area contributed by atoms with Crippen LogP contribution in [0, 0.1) is 0 Å². The minimum atomic E-state index is -0.642. The molecule has 6 heteroatoms. The predicted octanol–water partition coefficient (Wildman–Crippen LogP) is 5.44. The number of halogens is 3. The quantitative estimate of drug-likeness (QED) is 0.772. The normalized spacial score (nSPS) is 11.8. The monoisotopic (exact) mass is 357 g/mol. The third kappa shape index (κ3) is 4.29. The van der Waals surface area contributed by atoms with E-state index in [-0.39, 0.29) is 5.91 Å². The van der Waals surface area contributed by atoms with Crippen LogP contribution < -0.4 is 10.1 Å². The van der Waals surface area contributed by atoms with Crippen molar-refractivity contribution < 1.29 is 9.53 Å². The zero-order valence-electron chi connectivity index (χ0n) is 11.8. The van der Waals surface area contributed by atoms with E-state index in [1.165, 1.54) is 0 Å². The first-order valence-electron chi connectivity index (χ1n) is 6.68. The number of ether oxygens (including phenoxy) is 1. The average molecular weight is 359 g/mol. The van der Waals surface area contributed by atoms with Crippen molar-refractivity contribution in [1.29, 1.82) is 0 Å². The van der Waals surface area contributed by atoms with Crippen LogP contribution in [0.2, 0.25) is 15.1 Å². The summed E-state index contributed by atoms with van der Waals surface area (Å²) in [5.41, 5.74) is 0.456. The fourth-order valence-corrected chi connectivity index (χ4v) is 2.29. The third-order valence-electron chi connectivity index (χ3n) is 2.96. The van der Waals surface area contributed by atoms with Gasteiger partial charge >= 0.3 is 0 Å². The zero-order chi connectivity index (χ0) is 16.1. The fourth-order valence-electron chi connectivity index (χ4n) is 1.81. The van der Waals surface area contributed by atoms with Crippen LogP contribution in [0.3, 0.4) is 0 Å². The molecule has 0 bridgehead atoms. The van der Waals surface area contributed by atoms with Crippen molar-refractivity contribution >= 4 is 46.4 Å². The average Bonchev–Trinajstić information content (AvgIpc) is 2.51. The summed E-state index contributed by atoms with van der Waals surface area (Å²) in [6, 6.07) is 11.9. The summed E-state index contributed by atoms with van der Waals surface area (Å²) in [4.78, 5) is 12.3. The van der Waals surface area contributed by atoms with E-state index in [9.17, 15) is 4.79 Å². The SMILES string of the molecule is CC[C@@H](Oc1ccc(Cl)cc1)C(=O)Nc1cccc(Cl)c1Cl. The highest BCUT2D eigenvalue weighted by Gasteiger charge is 2.19. The summed E-state index contributed by atoms with van der Waals surface area (Å²) < 4.78 is 5.68. The molecule has 0 aliphatic heterocycles. The second-order valence-corrected chi connectivity index (χ2v) is 5.78. The molecule has 116 valence electrons. The Labute approximate surface area is 144 Å². The number of anilines is 1. The second-order valence-electron chi connectivity index (χ2n) is 4.56. The molecule has 1 atom stereocenters. The first-order chi connectivity index (χ1) is 10.5. The lowest BCUT2D eigenvalue weighted by molar-refractivity contribution is -0.122. The molecule has 0 radical (unpaired) electrons. The Balaban J connectivity index is 2.08. The summed E-state index contributed by atoms with van der Waals surface area (Å²) in [5.74, 6) is 0.283. The lowest BCUT2D eigenvalue weighted by Crippen LogP contribution is -2.32. The molecule has 0 fully saturated rings. The van der Waals surface area contributed by atoms with Gasteiger partial charge in [0.2, 0.25) is 0 Å². The lowest BCUT2D eigenvalue weighted by atomic mass is 10.2. The molecule has 1 amide bonds. The Morgan fingerprint density at radius 2 is 1.82 bits per heavy atom. The van der Waals surface area contributed by atoms with E-state index in [2.05, 4.69) is 5.32 Å². The largest absolute Gasteiger partial charge is 0.481 e. The van der Waals surface area contributed by atoms with Crippen molar-refractivity contribution in [2.24, 2.45) is 0 Å². The molecule has 0 aliphatic rings. The van der Waals surface area contributed by atoms with Gasteiger partial charge in [-0.1, -0.05) is 47.8 Å². The van der Waals surface area contributed by atoms with Crippen LogP contribution in [-0.2, 0) is 4.79 Å². The number of hydrogen-bond acceptors (Lipinski definition) is 2. The van der Waals surface area contributed by atoms with Gasteiger partial charge in [-0.05, 0) is 42.8 Å². The van der Waals surface area contributed by atoms with Crippen molar-refractivity contribution in [1.82, 2.24) is 0 Å². The maximum Gasteiger partial charge on any atom is 0.265 e. The van der Waals surface area contributed by atoms with Crippen LogP contribution in [0.15, 0.2) is 42.5 Å². The van der Waals surface area contributed by atoms with Gasteiger partial charge in [0.05, 0.1) is 15.7 Å². The van der Waals surface area contributed by atoms with Gasteiger partial charge < -0.3 is 10.1 Å². The van der Waals surface area contributed by atoms with Crippen molar-refractivity contribution in [3.05, 3.63) is 57.5 Å². The molecule has 2 aromatic rings. The maximum absolute atomic E-state index is 12.3. The summed E-state index contributed by atoms with van der Waals surface area (Å²) in [6.45, 7) is 1.86. The Kier molecular flexibility index (Phi) is 5.95. The molecule has 0 unspecified atom stereocenters. The second kappa shape index (κ2) is 7.73. The van der Waals surface area contributed by atoms with E-state index in [1.54, 1.807) is 42.5 Å². The molecular formula is C16H14Cl3NO2. The third-order valence-corrected chi connectivity index (χ3v) is 4.04. The molecule has 1 N–H and O–H groups in total. The molecule has 22 heavy (non-hydrogen) atoms. The molecule has 0 aliphatic carbocycles. The molecule has 3 nitrogen and oxygen atoms in total. The minimum Gasteiger partial charge on any atom is -0.481 e. The van der Waals surface area contributed by atoms with Gasteiger partial charge in [0.15, 0.2) is 6.10 Å². The molecule has 0 heterocycles. The molecule has 0 aromatic heterocycles. The van der Waals surface area contributed by atoms with E-state index in [4.69, 9.17) is 39.5 Å². The smallest absolute Gasteiger partial charge is 0.265 e. The molecule has 0 saturated carbocycles. The van der Waals surface area contributed by atoms with Crippen LogP contribution in [-0.4, -0.2) is 12.0 Å².